The van der Waals surface area contributed by atoms with Crippen LogP contribution in [0, 0.1) is 0 Å². The SMILES string of the molecule is O=CN(O)[C@H](CS(=O)(=O)N1CCc2ccc(Cl)cc2C1)[C@@H]1CCCO1. The standard InChI is InChI=1S/C16H21ClN2O5S/c17-14-4-3-12-5-6-18(9-13(12)8-14)25(22,23)10-15(19(21)11-20)16-2-1-7-24-16/h3-4,8,11,15-16,21H,1-2,5-7,9-10H2/t15-,16+/m1/s1. The summed E-state index contributed by atoms with van der Waals surface area (Å²) in [6, 6.07) is 4.58. The van der Waals surface area contributed by atoms with Gasteiger partial charge in [0.25, 0.3) is 0 Å². The maximum absolute atomic E-state index is 12.9. The lowest BCUT2D eigenvalue weighted by Crippen LogP contribution is -2.49. The minimum absolute atomic E-state index is 0.229. The van der Waals surface area contributed by atoms with Gasteiger partial charge in [0, 0.05) is 24.7 Å². The number of carbonyl (C=O) groups is 1. The van der Waals surface area contributed by atoms with E-state index in [2.05, 4.69) is 0 Å². The van der Waals surface area contributed by atoms with Crippen molar-refractivity contribution in [2.45, 2.75) is 38.0 Å². The highest BCUT2D eigenvalue weighted by atomic mass is 35.5. The van der Waals surface area contributed by atoms with Gasteiger partial charge >= 0.3 is 0 Å². The molecule has 0 bridgehead atoms. The molecule has 2 aliphatic rings. The van der Waals surface area contributed by atoms with E-state index in [1.54, 1.807) is 12.1 Å². The van der Waals surface area contributed by atoms with E-state index in [1.165, 1.54) is 4.31 Å². The van der Waals surface area contributed by atoms with Crippen LogP contribution in [0.25, 0.3) is 0 Å². The van der Waals surface area contributed by atoms with E-state index in [0.717, 1.165) is 17.5 Å². The third kappa shape index (κ3) is 4.15. The van der Waals surface area contributed by atoms with Crippen LogP contribution in [0.15, 0.2) is 18.2 Å². The van der Waals surface area contributed by atoms with Crippen molar-refractivity contribution in [3.63, 3.8) is 0 Å². The number of rotatable bonds is 6. The fourth-order valence-electron chi connectivity index (χ4n) is 3.40. The second kappa shape index (κ2) is 7.59. The molecule has 9 heteroatoms. The number of nitrogens with zero attached hydrogens (tertiary/aromatic N) is 2. The fourth-order valence-corrected chi connectivity index (χ4v) is 5.31. The lowest BCUT2D eigenvalue weighted by atomic mass is 10.0. The smallest absolute Gasteiger partial charge is 0.233 e. The molecule has 1 amide bonds. The van der Waals surface area contributed by atoms with Gasteiger partial charge in [0.15, 0.2) is 0 Å². The number of fused-ring (bicyclic) bond motifs is 1. The van der Waals surface area contributed by atoms with Crippen molar-refractivity contribution >= 4 is 28.0 Å². The molecule has 2 atom stereocenters. The van der Waals surface area contributed by atoms with Gasteiger partial charge in [0.2, 0.25) is 16.4 Å². The molecule has 1 N–H and O–H groups in total. The van der Waals surface area contributed by atoms with E-state index in [4.69, 9.17) is 16.3 Å². The summed E-state index contributed by atoms with van der Waals surface area (Å²) in [5, 5.41) is 10.8. The minimum Gasteiger partial charge on any atom is -0.376 e. The van der Waals surface area contributed by atoms with Crippen molar-refractivity contribution < 1.29 is 23.2 Å². The van der Waals surface area contributed by atoms with Crippen molar-refractivity contribution in [1.29, 1.82) is 0 Å². The second-order valence-corrected chi connectivity index (χ2v) is 8.83. The number of ether oxygens (including phenoxy) is 1. The zero-order chi connectivity index (χ0) is 18.0. The molecule has 1 fully saturated rings. The number of benzene rings is 1. The van der Waals surface area contributed by atoms with Gasteiger partial charge in [0.1, 0.15) is 6.04 Å². The van der Waals surface area contributed by atoms with Crippen LogP contribution < -0.4 is 0 Å². The van der Waals surface area contributed by atoms with Gasteiger partial charge in [-0.15, -0.1) is 0 Å². The molecule has 1 saturated heterocycles. The van der Waals surface area contributed by atoms with Crippen LogP contribution >= 0.6 is 11.6 Å². The number of halogens is 1. The van der Waals surface area contributed by atoms with Crippen LogP contribution in [-0.2, 0) is 32.5 Å². The fraction of sp³-hybridized carbons (Fsp3) is 0.562. The number of hydrogen-bond donors (Lipinski definition) is 1. The van der Waals surface area contributed by atoms with Crippen LogP contribution in [-0.4, -0.2) is 60.5 Å². The Hall–Kier alpha value is -1.19. The maximum Gasteiger partial charge on any atom is 0.233 e. The summed E-state index contributed by atoms with van der Waals surface area (Å²) in [5.74, 6) is -0.372. The summed E-state index contributed by atoms with van der Waals surface area (Å²) in [6.07, 6.45) is 1.75. The first kappa shape index (κ1) is 18.6. The molecule has 2 aliphatic heterocycles. The molecular weight excluding hydrogens is 368 g/mol. The molecule has 0 saturated carbocycles. The normalized spacial score (nSPS) is 22.4. The summed E-state index contributed by atoms with van der Waals surface area (Å²) in [7, 11) is -3.68. The van der Waals surface area contributed by atoms with Gasteiger partial charge in [-0.2, -0.15) is 4.31 Å². The van der Waals surface area contributed by atoms with E-state index in [9.17, 15) is 18.4 Å². The number of hydroxylamine groups is 2. The highest BCUT2D eigenvalue weighted by Crippen LogP contribution is 2.26. The Labute approximate surface area is 152 Å². The first-order valence-corrected chi connectivity index (χ1v) is 10.2. The molecule has 1 aromatic carbocycles. The zero-order valence-corrected chi connectivity index (χ0v) is 15.2. The molecule has 0 unspecified atom stereocenters. The highest BCUT2D eigenvalue weighted by molar-refractivity contribution is 7.89. The molecule has 0 aliphatic carbocycles. The molecule has 0 aromatic heterocycles. The van der Waals surface area contributed by atoms with E-state index in [1.807, 2.05) is 6.07 Å². The average molecular weight is 389 g/mol. The monoisotopic (exact) mass is 388 g/mol. The lowest BCUT2D eigenvalue weighted by Gasteiger charge is -2.32. The third-order valence-electron chi connectivity index (χ3n) is 4.76. The van der Waals surface area contributed by atoms with Gasteiger partial charge in [0.05, 0.1) is 11.9 Å². The summed E-state index contributed by atoms with van der Waals surface area (Å²) >= 11 is 6.01. The van der Waals surface area contributed by atoms with Crippen LogP contribution in [0.5, 0.6) is 0 Å². The molecular formula is C16H21ClN2O5S. The molecule has 0 radical (unpaired) electrons. The summed E-state index contributed by atoms with van der Waals surface area (Å²) in [6.45, 7) is 1.11. The van der Waals surface area contributed by atoms with Crippen LogP contribution in [0.3, 0.4) is 0 Å². The van der Waals surface area contributed by atoms with E-state index in [0.29, 0.717) is 36.1 Å². The number of carbonyl (C=O) groups excluding carboxylic acids is 1. The Balaban J connectivity index is 1.77. The first-order valence-electron chi connectivity index (χ1n) is 8.20. The van der Waals surface area contributed by atoms with Crippen LogP contribution in [0.1, 0.15) is 24.0 Å². The first-order chi connectivity index (χ1) is 11.9. The van der Waals surface area contributed by atoms with E-state index >= 15 is 0 Å². The number of sulfonamides is 1. The molecule has 0 spiro atoms. The Morgan fingerprint density at radius 2 is 2.24 bits per heavy atom. The number of amides is 1. The van der Waals surface area contributed by atoms with E-state index in [-0.39, 0.29) is 18.7 Å². The Morgan fingerprint density at radius 1 is 1.44 bits per heavy atom. The minimum atomic E-state index is -3.68. The van der Waals surface area contributed by atoms with Gasteiger partial charge in [-0.25, -0.2) is 13.5 Å². The Bertz CT molecular complexity index is 736. The van der Waals surface area contributed by atoms with Crippen molar-refractivity contribution in [1.82, 2.24) is 9.37 Å². The Kier molecular flexibility index (Phi) is 5.65. The predicted molar refractivity (Wildman–Crippen MR) is 91.8 cm³/mol. The molecule has 1 aromatic rings. The van der Waals surface area contributed by atoms with E-state index < -0.39 is 22.2 Å². The van der Waals surface area contributed by atoms with Gasteiger partial charge in [-0.05, 0) is 42.5 Å². The lowest BCUT2D eigenvalue weighted by molar-refractivity contribution is -0.168. The molecule has 3 rings (SSSR count). The molecule has 2 heterocycles. The average Bonchev–Trinajstić information content (AvgIpc) is 3.12. The van der Waals surface area contributed by atoms with Crippen molar-refractivity contribution in [2.24, 2.45) is 0 Å². The largest absolute Gasteiger partial charge is 0.376 e. The van der Waals surface area contributed by atoms with Crippen LogP contribution in [0.2, 0.25) is 5.02 Å². The van der Waals surface area contributed by atoms with Crippen molar-refractivity contribution in [3.8, 4) is 0 Å². The quantitative estimate of drug-likeness (QED) is 0.452. The van der Waals surface area contributed by atoms with Crippen molar-refractivity contribution in [2.75, 3.05) is 18.9 Å². The molecule has 25 heavy (non-hydrogen) atoms. The molecule has 7 nitrogen and oxygen atoms in total. The summed E-state index contributed by atoms with van der Waals surface area (Å²) < 4.78 is 32.6. The zero-order valence-electron chi connectivity index (χ0n) is 13.7. The predicted octanol–water partition coefficient (Wildman–Crippen LogP) is 1.42. The van der Waals surface area contributed by atoms with Crippen molar-refractivity contribution in [3.05, 3.63) is 34.3 Å². The third-order valence-corrected chi connectivity index (χ3v) is 6.86. The van der Waals surface area contributed by atoms with Gasteiger partial charge in [-0.3, -0.25) is 10.0 Å². The highest BCUT2D eigenvalue weighted by Gasteiger charge is 2.37. The maximum atomic E-state index is 12.9. The topological polar surface area (TPSA) is 87.2 Å². The Morgan fingerprint density at radius 3 is 2.92 bits per heavy atom. The summed E-state index contributed by atoms with van der Waals surface area (Å²) in [5.41, 5.74) is 1.97. The number of hydrogen-bond acceptors (Lipinski definition) is 5. The van der Waals surface area contributed by atoms with Gasteiger partial charge in [-0.1, -0.05) is 17.7 Å². The summed E-state index contributed by atoms with van der Waals surface area (Å²) in [4.78, 5) is 11.0. The second-order valence-electron chi connectivity index (χ2n) is 6.38. The van der Waals surface area contributed by atoms with Crippen LogP contribution in [0.4, 0.5) is 0 Å². The van der Waals surface area contributed by atoms with Gasteiger partial charge < -0.3 is 4.74 Å². The molecule has 138 valence electrons.